The van der Waals surface area contributed by atoms with Crippen LogP contribution >= 0.6 is 15.9 Å². The van der Waals surface area contributed by atoms with Gasteiger partial charge in [0.2, 0.25) is 5.91 Å². The van der Waals surface area contributed by atoms with Crippen LogP contribution in [0.25, 0.3) is 0 Å². The lowest BCUT2D eigenvalue weighted by Crippen LogP contribution is -2.51. The summed E-state index contributed by atoms with van der Waals surface area (Å²) in [6.45, 7) is 3.99. The van der Waals surface area contributed by atoms with Crippen LogP contribution in [0.2, 0.25) is 0 Å². The Bertz CT molecular complexity index is 553. The summed E-state index contributed by atoms with van der Waals surface area (Å²) in [5.74, 6) is -1.01. The molecule has 6 nitrogen and oxygen atoms in total. The number of hydrazine groups is 1. The van der Waals surface area contributed by atoms with E-state index in [1.807, 2.05) is 44.2 Å². The molecule has 1 heterocycles. The molecule has 0 saturated carbocycles. The van der Waals surface area contributed by atoms with E-state index < -0.39 is 12.0 Å². The lowest BCUT2D eigenvalue weighted by Gasteiger charge is -2.30. The first kappa shape index (κ1) is 17.9. The maximum absolute atomic E-state index is 12.8. The van der Waals surface area contributed by atoms with Gasteiger partial charge in [-0.3, -0.25) is 9.59 Å². The number of alkyl halides is 1. The van der Waals surface area contributed by atoms with Gasteiger partial charge in [-0.05, 0) is 19.4 Å². The molecular weight excluding hydrogens is 362 g/mol. The van der Waals surface area contributed by atoms with E-state index in [-0.39, 0.29) is 35.8 Å². The maximum atomic E-state index is 12.8. The first-order valence-corrected chi connectivity index (χ1v) is 8.55. The van der Waals surface area contributed by atoms with Crippen LogP contribution in [0.15, 0.2) is 30.3 Å². The van der Waals surface area contributed by atoms with Gasteiger partial charge in [-0.2, -0.15) is 0 Å². The third-order valence-electron chi connectivity index (χ3n) is 3.93. The molecule has 1 aliphatic rings. The number of hydrogen-bond donors (Lipinski definition) is 3. The van der Waals surface area contributed by atoms with Crippen molar-refractivity contribution in [2.24, 2.45) is 0 Å². The molecule has 2 rings (SSSR count). The molecule has 0 radical (unpaired) electrons. The number of amides is 1. The van der Waals surface area contributed by atoms with Gasteiger partial charge in [0.15, 0.2) is 0 Å². The second-order valence-electron chi connectivity index (χ2n) is 5.87. The molecule has 1 aliphatic heterocycles. The molecule has 1 saturated heterocycles. The zero-order valence-electron chi connectivity index (χ0n) is 13.2. The summed E-state index contributed by atoms with van der Waals surface area (Å²) >= 11 is 3.62. The molecule has 0 bridgehead atoms. The SMILES string of the molecule is CC(C)N(CCC(=O)O)C(=O)C1NNC(c2ccccc2)C1Br. The van der Waals surface area contributed by atoms with E-state index in [2.05, 4.69) is 26.8 Å². The molecule has 0 aromatic heterocycles. The summed E-state index contributed by atoms with van der Waals surface area (Å²) in [5.41, 5.74) is 7.28. The Kier molecular flexibility index (Phi) is 6.15. The standard InChI is InChI=1S/C16H22BrN3O3/c1-10(2)20(9-8-12(21)22)16(23)15-13(17)14(18-19-15)11-6-4-3-5-7-11/h3-7,10,13-15,18-19H,8-9H2,1-2H3,(H,21,22). The Morgan fingerprint density at radius 1 is 1.26 bits per heavy atom. The van der Waals surface area contributed by atoms with Crippen LogP contribution in [0.1, 0.15) is 31.9 Å². The Morgan fingerprint density at radius 3 is 2.48 bits per heavy atom. The van der Waals surface area contributed by atoms with E-state index in [0.29, 0.717) is 0 Å². The third-order valence-corrected chi connectivity index (χ3v) is 4.99. The Balaban J connectivity index is 2.08. The lowest BCUT2D eigenvalue weighted by atomic mass is 10.0. The number of nitrogens with one attached hydrogen (secondary N) is 2. The number of nitrogens with zero attached hydrogens (tertiary/aromatic N) is 1. The highest BCUT2D eigenvalue weighted by atomic mass is 79.9. The van der Waals surface area contributed by atoms with Gasteiger partial charge in [0.1, 0.15) is 6.04 Å². The van der Waals surface area contributed by atoms with Gasteiger partial charge < -0.3 is 10.0 Å². The largest absolute Gasteiger partial charge is 0.481 e. The second-order valence-corrected chi connectivity index (χ2v) is 6.93. The normalized spacial score (nSPS) is 23.9. The average molecular weight is 384 g/mol. The van der Waals surface area contributed by atoms with E-state index in [1.165, 1.54) is 0 Å². The van der Waals surface area contributed by atoms with Gasteiger partial charge in [-0.15, -0.1) is 0 Å². The van der Waals surface area contributed by atoms with E-state index >= 15 is 0 Å². The number of carboxylic acids is 1. The molecule has 1 aromatic carbocycles. The second kappa shape index (κ2) is 7.90. The first-order valence-electron chi connectivity index (χ1n) is 7.64. The quantitative estimate of drug-likeness (QED) is 0.651. The number of carbonyl (C=O) groups excluding carboxylic acids is 1. The van der Waals surface area contributed by atoms with Crippen LogP contribution in [-0.4, -0.2) is 45.3 Å². The van der Waals surface area contributed by atoms with E-state index in [1.54, 1.807) is 4.90 Å². The minimum Gasteiger partial charge on any atom is -0.481 e. The van der Waals surface area contributed by atoms with Crippen LogP contribution in [-0.2, 0) is 9.59 Å². The maximum Gasteiger partial charge on any atom is 0.305 e. The van der Waals surface area contributed by atoms with Gasteiger partial charge in [-0.1, -0.05) is 46.3 Å². The first-order chi connectivity index (χ1) is 10.9. The van der Waals surface area contributed by atoms with Crippen molar-refractivity contribution in [2.75, 3.05) is 6.54 Å². The topological polar surface area (TPSA) is 81.7 Å². The van der Waals surface area contributed by atoms with Crippen molar-refractivity contribution in [3.05, 3.63) is 35.9 Å². The minimum absolute atomic E-state index is 0.0290. The molecule has 1 aromatic rings. The van der Waals surface area contributed by atoms with Crippen molar-refractivity contribution in [1.29, 1.82) is 0 Å². The smallest absolute Gasteiger partial charge is 0.305 e. The minimum atomic E-state index is -0.904. The number of aliphatic carboxylic acids is 1. The lowest BCUT2D eigenvalue weighted by molar-refractivity contribution is -0.139. The van der Waals surface area contributed by atoms with Gasteiger partial charge in [-0.25, -0.2) is 10.9 Å². The van der Waals surface area contributed by atoms with Crippen molar-refractivity contribution in [2.45, 2.75) is 43.2 Å². The fraction of sp³-hybridized carbons (Fsp3) is 0.500. The summed E-state index contributed by atoms with van der Waals surface area (Å²) in [6, 6.07) is 9.34. The number of halogens is 1. The summed E-state index contributed by atoms with van der Waals surface area (Å²) in [6.07, 6.45) is -0.0564. The zero-order valence-corrected chi connectivity index (χ0v) is 14.8. The predicted octanol–water partition coefficient (Wildman–Crippen LogP) is 1.68. The van der Waals surface area contributed by atoms with Gasteiger partial charge in [0.05, 0.1) is 17.3 Å². The van der Waals surface area contributed by atoms with Crippen LogP contribution in [0.4, 0.5) is 0 Å². The van der Waals surface area contributed by atoms with Gasteiger partial charge in [0.25, 0.3) is 0 Å². The van der Waals surface area contributed by atoms with Crippen LogP contribution in [0.5, 0.6) is 0 Å². The predicted molar refractivity (Wildman–Crippen MR) is 91.1 cm³/mol. The fourth-order valence-electron chi connectivity index (χ4n) is 2.67. The van der Waals surface area contributed by atoms with Crippen LogP contribution in [0.3, 0.4) is 0 Å². The number of carboxylic acid groups (broad SMARTS) is 1. The Labute approximate surface area is 144 Å². The van der Waals surface area contributed by atoms with Gasteiger partial charge in [0, 0.05) is 12.6 Å². The zero-order chi connectivity index (χ0) is 17.0. The molecule has 3 atom stereocenters. The van der Waals surface area contributed by atoms with E-state index in [9.17, 15) is 9.59 Å². The number of hydrogen-bond acceptors (Lipinski definition) is 4. The molecule has 1 fully saturated rings. The van der Waals surface area contributed by atoms with Crippen LogP contribution < -0.4 is 10.9 Å². The Morgan fingerprint density at radius 2 is 1.91 bits per heavy atom. The summed E-state index contributed by atoms with van der Waals surface area (Å²) in [4.78, 5) is 25.1. The van der Waals surface area contributed by atoms with Crippen molar-refractivity contribution in [1.82, 2.24) is 15.8 Å². The van der Waals surface area contributed by atoms with Crippen molar-refractivity contribution < 1.29 is 14.7 Å². The van der Waals surface area contributed by atoms with Gasteiger partial charge >= 0.3 is 5.97 Å². The van der Waals surface area contributed by atoms with E-state index in [0.717, 1.165) is 5.56 Å². The number of rotatable bonds is 6. The molecule has 0 spiro atoms. The third kappa shape index (κ3) is 4.31. The molecule has 3 N–H and O–H groups in total. The summed E-state index contributed by atoms with van der Waals surface area (Å²) in [7, 11) is 0. The van der Waals surface area contributed by atoms with E-state index in [4.69, 9.17) is 5.11 Å². The summed E-state index contributed by atoms with van der Waals surface area (Å²) in [5, 5.41) is 8.86. The monoisotopic (exact) mass is 383 g/mol. The van der Waals surface area contributed by atoms with Crippen molar-refractivity contribution in [3.8, 4) is 0 Å². The molecule has 7 heteroatoms. The molecule has 1 amide bonds. The molecule has 3 unspecified atom stereocenters. The van der Waals surface area contributed by atoms with Crippen molar-refractivity contribution in [3.63, 3.8) is 0 Å². The molecule has 23 heavy (non-hydrogen) atoms. The summed E-state index contributed by atoms with van der Waals surface area (Å²) < 4.78 is 0. The molecular formula is C16H22BrN3O3. The number of carbonyl (C=O) groups is 2. The Hall–Kier alpha value is -1.44. The molecule has 126 valence electrons. The number of benzene rings is 1. The highest BCUT2D eigenvalue weighted by Gasteiger charge is 2.41. The fourth-order valence-corrected chi connectivity index (χ4v) is 3.47. The average Bonchev–Trinajstić information content (AvgIpc) is 2.89. The highest BCUT2D eigenvalue weighted by molar-refractivity contribution is 9.09. The molecule has 0 aliphatic carbocycles. The highest BCUT2D eigenvalue weighted by Crippen LogP contribution is 2.29. The van der Waals surface area contributed by atoms with Crippen LogP contribution in [0, 0.1) is 0 Å². The van der Waals surface area contributed by atoms with Crippen molar-refractivity contribution >= 4 is 27.8 Å².